The van der Waals surface area contributed by atoms with E-state index in [0.29, 0.717) is 5.75 Å². The number of ether oxygens (including phenoxy) is 1. The average molecular weight is 312 g/mol. The Bertz CT molecular complexity index is 381. The van der Waals surface area contributed by atoms with Crippen LogP contribution in [-0.4, -0.2) is 31.8 Å². The van der Waals surface area contributed by atoms with Gasteiger partial charge in [0.25, 0.3) is 0 Å². The standard InChI is InChI=1S/C11H13BrF3NO/c1-16(7-11(13,14)15)6-8-3-4-10(17-2)9(12)5-8/h3-5H,6-7H2,1-2H3. The number of alkyl halides is 3. The molecule has 1 aromatic carbocycles. The molecular weight excluding hydrogens is 299 g/mol. The van der Waals surface area contributed by atoms with Crippen LogP contribution in [-0.2, 0) is 6.54 Å². The van der Waals surface area contributed by atoms with Crippen molar-refractivity contribution in [2.75, 3.05) is 20.7 Å². The number of nitrogens with zero attached hydrogens (tertiary/aromatic N) is 1. The van der Waals surface area contributed by atoms with E-state index < -0.39 is 12.7 Å². The maximum atomic E-state index is 12.1. The van der Waals surface area contributed by atoms with Crippen LogP contribution >= 0.6 is 15.9 Å². The zero-order valence-electron chi connectivity index (χ0n) is 9.51. The van der Waals surface area contributed by atoms with Crippen LogP contribution in [0, 0.1) is 0 Å². The molecule has 1 rings (SSSR count). The van der Waals surface area contributed by atoms with Crippen LogP contribution in [0.2, 0.25) is 0 Å². The Balaban J connectivity index is 2.66. The van der Waals surface area contributed by atoms with E-state index in [1.165, 1.54) is 19.1 Å². The summed E-state index contributed by atoms with van der Waals surface area (Å²) >= 11 is 3.29. The predicted molar refractivity (Wildman–Crippen MR) is 63.1 cm³/mol. The molecule has 0 atom stereocenters. The summed E-state index contributed by atoms with van der Waals surface area (Å²) in [7, 11) is 2.97. The van der Waals surface area contributed by atoms with Crippen molar-refractivity contribution in [3.8, 4) is 5.75 Å². The van der Waals surface area contributed by atoms with Crippen molar-refractivity contribution in [3.05, 3.63) is 28.2 Å². The third-order valence-electron chi connectivity index (χ3n) is 2.12. The van der Waals surface area contributed by atoms with Gasteiger partial charge in [0.1, 0.15) is 5.75 Å². The van der Waals surface area contributed by atoms with Gasteiger partial charge in [0, 0.05) is 6.54 Å². The Morgan fingerprint density at radius 2 is 2.00 bits per heavy atom. The van der Waals surface area contributed by atoms with Gasteiger partial charge >= 0.3 is 6.18 Å². The van der Waals surface area contributed by atoms with E-state index in [9.17, 15) is 13.2 Å². The van der Waals surface area contributed by atoms with Gasteiger partial charge < -0.3 is 4.74 Å². The van der Waals surface area contributed by atoms with Crippen LogP contribution < -0.4 is 4.74 Å². The lowest BCUT2D eigenvalue weighted by Crippen LogP contribution is -2.30. The molecule has 0 heterocycles. The molecule has 0 radical (unpaired) electrons. The second kappa shape index (κ2) is 5.73. The normalized spacial score (nSPS) is 11.9. The van der Waals surface area contributed by atoms with Gasteiger partial charge in [-0.2, -0.15) is 13.2 Å². The van der Waals surface area contributed by atoms with Crippen molar-refractivity contribution in [3.63, 3.8) is 0 Å². The van der Waals surface area contributed by atoms with Gasteiger partial charge in [0.2, 0.25) is 0 Å². The van der Waals surface area contributed by atoms with Crippen molar-refractivity contribution < 1.29 is 17.9 Å². The molecule has 1 aromatic rings. The van der Waals surface area contributed by atoms with Crippen molar-refractivity contribution >= 4 is 15.9 Å². The third kappa shape index (κ3) is 4.95. The van der Waals surface area contributed by atoms with E-state index in [-0.39, 0.29) is 6.54 Å². The van der Waals surface area contributed by atoms with Crippen LogP contribution in [0.25, 0.3) is 0 Å². The highest BCUT2D eigenvalue weighted by Crippen LogP contribution is 2.26. The molecular formula is C11H13BrF3NO. The van der Waals surface area contributed by atoms with Crippen LogP contribution in [0.4, 0.5) is 13.2 Å². The Morgan fingerprint density at radius 3 is 2.47 bits per heavy atom. The molecule has 0 spiro atoms. The first-order valence-electron chi connectivity index (χ1n) is 4.89. The maximum Gasteiger partial charge on any atom is 0.401 e. The average Bonchev–Trinajstić information content (AvgIpc) is 2.14. The summed E-state index contributed by atoms with van der Waals surface area (Å²) in [5.41, 5.74) is 0.796. The van der Waals surface area contributed by atoms with Crippen LogP contribution in [0.15, 0.2) is 22.7 Å². The first-order chi connectivity index (χ1) is 7.81. The smallest absolute Gasteiger partial charge is 0.401 e. The van der Waals surface area contributed by atoms with Crippen molar-refractivity contribution in [2.24, 2.45) is 0 Å². The SMILES string of the molecule is COc1ccc(CN(C)CC(F)(F)F)cc1Br. The summed E-state index contributed by atoms with van der Waals surface area (Å²) in [4.78, 5) is 1.22. The molecule has 0 bridgehead atoms. The van der Waals surface area contributed by atoms with Crippen LogP contribution in [0.5, 0.6) is 5.75 Å². The van der Waals surface area contributed by atoms with E-state index in [1.54, 1.807) is 18.2 Å². The third-order valence-corrected chi connectivity index (χ3v) is 2.74. The molecule has 0 saturated heterocycles. The van der Waals surface area contributed by atoms with Gasteiger partial charge in [0.15, 0.2) is 0 Å². The molecule has 6 heteroatoms. The summed E-state index contributed by atoms with van der Waals surface area (Å²) < 4.78 is 42.2. The number of methoxy groups -OCH3 is 1. The fourth-order valence-corrected chi connectivity index (χ4v) is 2.07. The highest BCUT2D eigenvalue weighted by Gasteiger charge is 2.29. The first-order valence-corrected chi connectivity index (χ1v) is 5.69. The maximum absolute atomic E-state index is 12.1. The fourth-order valence-electron chi connectivity index (χ4n) is 1.48. The predicted octanol–water partition coefficient (Wildman–Crippen LogP) is 3.45. The lowest BCUT2D eigenvalue weighted by Gasteiger charge is -2.18. The largest absolute Gasteiger partial charge is 0.496 e. The molecule has 0 aliphatic carbocycles. The highest BCUT2D eigenvalue weighted by molar-refractivity contribution is 9.10. The van der Waals surface area contributed by atoms with Gasteiger partial charge in [-0.15, -0.1) is 0 Å². The summed E-state index contributed by atoms with van der Waals surface area (Å²) in [6.45, 7) is -0.682. The molecule has 17 heavy (non-hydrogen) atoms. The minimum Gasteiger partial charge on any atom is -0.496 e. The van der Waals surface area contributed by atoms with Gasteiger partial charge in [-0.05, 0) is 40.7 Å². The van der Waals surface area contributed by atoms with Crippen molar-refractivity contribution in [2.45, 2.75) is 12.7 Å². The van der Waals surface area contributed by atoms with Crippen molar-refractivity contribution in [1.29, 1.82) is 0 Å². The lowest BCUT2D eigenvalue weighted by atomic mass is 10.2. The second-order valence-corrected chi connectivity index (χ2v) is 4.61. The van der Waals surface area contributed by atoms with E-state index in [2.05, 4.69) is 15.9 Å². The molecule has 0 amide bonds. The first kappa shape index (κ1) is 14.3. The van der Waals surface area contributed by atoms with Gasteiger partial charge in [-0.3, -0.25) is 4.90 Å². The Hall–Kier alpha value is -0.750. The summed E-state index contributed by atoms with van der Waals surface area (Å²) in [6.07, 6.45) is -4.17. The quantitative estimate of drug-likeness (QED) is 0.844. The second-order valence-electron chi connectivity index (χ2n) is 3.76. The van der Waals surface area contributed by atoms with Gasteiger partial charge in [-0.25, -0.2) is 0 Å². The Kier molecular flexibility index (Phi) is 4.82. The van der Waals surface area contributed by atoms with E-state index in [4.69, 9.17) is 4.74 Å². The summed E-state index contributed by atoms with van der Waals surface area (Å²) in [5, 5.41) is 0. The lowest BCUT2D eigenvalue weighted by molar-refractivity contribution is -0.144. The van der Waals surface area contributed by atoms with E-state index in [0.717, 1.165) is 10.0 Å². The molecule has 0 aliphatic heterocycles. The zero-order chi connectivity index (χ0) is 13.1. The fraction of sp³-hybridized carbons (Fsp3) is 0.455. The zero-order valence-corrected chi connectivity index (χ0v) is 11.1. The molecule has 0 unspecified atom stereocenters. The van der Waals surface area contributed by atoms with E-state index in [1.807, 2.05) is 0 Å². The molecule has 0 aromatic heterocycles. The van der Waals surface area contributed by atoms with Gasteiger partial charge in [0.05, 0.1) is 18.1 Å². The molecule has 0 fully saturated rings. The summed E-state index contributed by atoms with van der Waals surface area (Å²) in [6, 6.07) is 5.23. The number of hydrogen-bond donors (Lipinski definition) is 0. The Morgan fingerprint density at radius 1 is 1.35 bits per heavy atom. The molecule has 2 nitrogen and oxygen atoms in total. The minimum absolute atomic E-state index is 0.238. The molecule has 96 valence electrons. The highest BCUT2D eigenvalue weighted by atomic mass is 79.9. The molecule has 0 N–H and O–H groups in total. The van der Waals surface area contributed by atoms with Gasteiger partial charge in [-0.1, -0.05) is 6.07 Å². The number of rotatable bonds is 4. The van der Waals surface area contributed by atoms with Crippen molar-refractivity contribution in [1.82, 2.24) is 4.90 Å². The monoisotopic (exact) mass is 311 g/mol. The Labute approximate surface area is 106 Å². The summed E-state index contributed by atoms with van der Waals surface area (Å²) in [5.74, 6) is 0.659. The van der Waals surface area contributed by atoms with Crippen LogP contribution in [0.1, 0.15) is 5.56 Å². The number of hydrogen-bond acceptors (Lipinski definition) is 2. The van der Waals surface area contributed by atoms with Crippen LogP contribution in [0.3, 0.4) is 0 Å². The van der Waals surface area contributed by atoms with E-state index >= 15 is 0 Å². The molecule has 0 saturated carbocycles. The molecule has 0 aliphatic rings. The minimum atomic E-state index is -4.17. The number of benzene rings is 1. The number of halogens is 4. The topological polar surface area (TPSA) is 12.5 Å².